The number of ether oxygens (including phenoxy) is 1. The minimum Gasteiger partial charge on any atom is -0.496 e. The Morgan fingerprint density at radius 1 is 1.30 bits per heavy atom. The lowest BCUT2D eigenvalue weighted by Gasteiger charge is -2.07. The third-order valence-electron chi connectivity index (χ3n) is 4.17. The number of aryl methyl sites for hydroxylation is 2. The Morgan fingerprint density at radius 3 is 2.85 bits per heavy atom. The maximum Gasteiger partial charge on any atom is 0.270 e. The van der Waals surface area contributed by atoms with Crippen LogP contribution in [-0.4, -0.2) is 22.9 Å². The van der Waals surface area contributed by atoms with E-state index in [1.54, 1.807) is 13.2 Å². The van der Waals surface area contributed by atoms with Gasteiger partial charge in [-0.25, -0.2) is 4.98 Å². The van der Waals surface area contributed by atoms with E-state index in [0.717, 1.165) is 23.3 Å². The topological polar surface area (TPSA) is 94.4 Å². The number of nitro benzene ring substituents is 1. The maximum absolute atomic E-state index is 12.2. The van der Waals surface area contributed by atoms with Crippen molar-refractivity contribution in [3.8, 4) is 5.75 Å². The Hall–Kier alpha value is -3.00. The molecule has 27 heavy (non-hydrogen) atoms. The summed E-state index contributed by atoms with van der Waals surface area (Å²) in [5, 5.41) is 14.1. The van der Waals surface area contributed by atoms with Crippen molar-refractivity contribution in [2.45, 2.75) is 26.2 Å². The number of anilines is 1. The van der Waals surface area contributed by atoms with Crippen molar-refractivity contribution in [2.75, 3.05) is 12.4 Å². The standard InChI is InChI=1S/C19H19N3O4S/c1-12-6-7-13(10-16(12)26-2)4-3-5-18(23)21-19-20-15-9-8-14(22(24)25)11-17(15)27-19/h6-11H,3-5H2,1-2H3,(H,20,21,23). The summed E-state index contributed by atoms with van der Waals surface area (Å²) in [6.07, 6.45) is 1.84. The van der Waals surface area contributed by atoms with Crippen molar-refractivity contribution < 1.29 is 14.5 Å². The highest BCUT2D eigenvalue weighted by Crippen LogP contribution is 2.29. The molecule has 0 spiro atoms. The molecule has 140 valence electrons. The molecule has 3 aromatic rings. The predicted molar refractivity (Wildman–Crippen MR) is 106 cm³/mol. The van der Waals surface area contributed by atoms with Crippen LogP contribution >= 0.6 is 11.3 Å². The highest BCUT2D eigenvalue weighted by atomic mass is 32.1. The highest BCUT2D eigenvalue weighted by molar-refractivity contribution is 7.22. The number of fused-ring (bicyclic) bond motifs is 1. The minimum absolute atomic E-state index is 0.0116. The van der Waals surface area contributed by atoms with Gasteiger partial charge in [-0.05, 0) is 43.0 Å². The summed E-state index contributed by atoms with van der Waals surface area (Å²) >= 11 is 1.23. The van der Waals surface area contributed by atoms with Crippen LogP contribution in [0.1, 0.15) is 24.0 Å². The predicted octanol–water partition coefficient (Wildman–Crippen LogP) is 4.48. The van der Waals surface area contributed by atoms with Gasteiger partial charge in [0.25, 0.3) is 5.69 Å². The van der Waals surface area contributed by atoms with E-state index in [1.807, 2.05) is 25.1 Å². The van der Waals surface area contributed by atoms with Crippen LogP contribution in [0.4, 0.5) is 10.8 Å². The lowest BCUT2D eigenvalue weighted by molar-refractivity contribution is -0.384. The van der Waals surface area contributed by atoms with Gasteiger partial charge in [-0.2, -0.15) is 0 Å². The molecule has 7 nitrogen and oxygen atoms in total. The highest BCUT2D eigenvalue weighted by Gasteiger charge is 2.12. The summed E-state index contributed by atoms with van der Waals surface area (Å²) in [7, 11) is 1.65. The second-order valence-electron chi connectivity index (χ2n) is 6.13. The number of methoxy groups -OCH3 is 1. The Morgan fingerprint density at radius 2 is 2.11 bits per heavy atom. The van der Waals surface area contributed by atoms with Crippen LogP contribution in [0.5, 0.6) is 5.75 Å². The van der Waals surface area contributed by atoms with E-state index in [4.69, 9.17) is 4.74 Å². The Labute approximate surface area is 160 Å². The molecule has 0 saturated carbocycles. The number of nitrogens with one attached hydrogen (secondary N) is 1. The second kappa shape index (κ2) is 8.13. The number of benzene rings is 2. The number of non-ortho nitro benzene ring substituents is 1. The third kappa shape index (κ3) is 4.59. The molecule has 0 saturated heterocycles. The molecule has 0 atom stereocenters. The molecule has 8 heteroatoms. The van der Waals surface area contributed by atoms with Gasteiger partial charge in [0.2, 0.25) is 5.91 Å². The zero-order valence-electron chi connectivity index (χ0n) is 15.0. The van der Waals surface area contributed by atoms with Gasteiger partial charge in [0.15, 0.2) is 5.13 Å². The Balaban J connectivity index is 1.56. The van der Waals surface area contributed by atoms with Gasteiger partial charge in [0.1, 0.15) is 5.75 Å². The van der Waals surface area contributed by atoms with Crippen molar-refractivity contribution in [3.05, 3.63) is 57.6 Å². The summed E-state index contributed by atoms with van der Waals surface area (Å²) in [6, 6.07) is 10.5. The lowest BCUT2D eigenvalue weighted by atomic mass is 10.1. The van der Waals surface area contributed by atoms with E-state index in [2.05, 4.69) is 10.3 Å². The van der Waals surface area contributed by atoms with E-state index in [0.29, 0.717) is 28.2 Å². The van der Waals surface area contributed by atoms with Gasteiger partial charge in [0.05, 0.1) is 22.2 Å². The first-order valence-electron chi connectivity index (χ1n) is 8.44. The number of carbonyl (C=O) groups excluding carboxylic acids is 1. The molecule has 3 rings (SSSR count). The minimum atomic E-state index is -0.447. The number of rotatable bonds is 7. The molecule has 1 heterocycles. The fourth-order valence-electron chi connectivity index (χ4n) is 2.74. The van der Waals surface area contributed by atoms with Crippen LogP contribution in [0.25, 0.3) is 10.2 Å². The van der Waals surface area contributed by atoms with E-state index in [1.165, 1.54) is 23.5 Å². The number of hydrogen-bond donors (Lipinski definition) is 1. The number of amides is 1. The van der Waals surface area contributed by atoms with Crippen molar-refractivity contribution in [3.63, 3.8) is 0 Å². The first kappa shape index (κ1) is 18.8. The summed E-state index contributed by atoms with van der Waals surface area (Å²) in [5.41, 5.74) is 2.85. The smallest absolute Gasteiger partial charge is 0.270 e. The molecule has 0 aliphatic rings. The number of nitrogens with zero attached hydrogens (tertiary/aromatic N) is 2. The molecule has 2 aromatic carbocycles. The first-order chi connectivity index (χ1) is 13.0. The molecule has 0 aliphatic heterocycles. The molecule has 1 aromatic heterocycles. The number of thiazole rings is 1. The summed E-state index contributed by atoms with van der Waals surface area (Å²) in [5.74, 6) is 0.725. The summed E-state index contributed by atoms with van der Waals surface area (Å²) in [4.78, 5) is 26.8. The van der Waals surface area contributed by atoms with Crippen molar-refractivity contribution >= 4 is 38.3 Å². The SMILES string of the molecule is COc1cc(CCCC(=O)Nc2nc3ccc([N+](=O)[O-])cc3s2)ccc1C. The van der Waals surface area contributed by atoms with Crippen LogP contribution in [-0.2, 0) is 11.2 Å². The van der Waals surface area contributed by atoms with E-state index >= 15 is 0 Å². The van der Waals surface area contributed by atoms with Crippen LogP contribution in [0, 0.1) is 17.0 Å². The normalized spacial score (nSPS) is 10.7. The molecule has 0 unspecified atom stereocenters. The maximum atomic E-state index is 12.2. The number of hydrogen-bond acceptors (Lipinski definition) is 6. The van der Waals surface area contributed by atoms with Gasteiger partial charge in [-0.15, -0.1) is 0 Å². The molecular formula is C19H19N3O4S. The Kier molecular flexibility index (Phi) is 5.66. The zero-order valence-corrected chi connectivity index (χ0v) is 15.8. The molecule has 0 aliphatic carbocycles. The molecule has 0 bridgehead atoms. The summed E-state index contributed by atoms with van der Waals surface area (Å²) in [6.45, 7) is 1.99. The number of aromatic nitrogens is 1. The average Bonchev–Trinajstić information content (AvgIpc) is 3.04. The molecule has 0 fully saturated rings. The van der Waals surface area contributed by atoms with Gasteiger partial charge >= 0.3 is 0 Å². The fraction of sp³-hybridized carbons (Fsp3) is 0.263. The first-order valence-corrected chi connectivity index (χ1v) is 9.26. The number of nitro groups is 1. The average molecular weight is 385 g/mol. The van der Waals surface area contributed by atoms with Crippen molar-refractivity contribution in [1.82, 2.24) is 4.98 Å². The van der Waals surface area contributed by atoms with Crippen LogP contribution in [0.3, 0.4) is 0 Å². The Bertz CT molecular complexity index is 1000. The van der Waals surface area contributed by atoms with E-state index in [9.17, 15) is 14.9 Å². The van der Waals surface area contributed by atoms with Gasteiger partial charge in [-0.3, -0.25) is 14.9 Å². The molecule has 0 radical (unpaired) electrons. The van der Waals surface area contributed by atoms with Crippen LogP contribution in [0.2, 0.25) is 0 Å². The molecule has 1 N–H and O–H groups in total. The molecule has 1 amide bonds. The quantitative estimate of drug-likeness (QED) is 0.478. The van der Waals surface area contributed by atoms with Gasteiger partial charge < -0.3 is 10.1 Å². The summed E-state index contributed by atoms with van der Waals surface area (Å²) < 4.78 is 5.99. The van der Waals surface area contributed by atoms with Gasteiger partial charge in [0, 0.05) is 18.6 Å². The zero-order chi connectivity index (χ0) is 19.4. The van der Waals surface area contributed by atoms with Gasteiger partial charge in [-0.1, -0.05) is 23.5 Å². The number of carbonyl (C=O) groups is 1. The second-order valence-corrected chi connectivity index (χ2v) is 7.16. The third-order valence-corrected chi connectivity index (χ3v) is 5.10. The van der Waals surface area contributed by atoms with Crippen molar-refractivity contribution in [2.24, 2.45) is 0 Å². The lowest BCUT2D eigenvalue weighted by Crippen LogP contribution is -2.11. The monoisotopic (exact) mass is 385 g/mol. The fourth-order valence-corrected chi connectivity index (χ4v) is 3.65. The largest absolute Gasteiger partial charge is 0.496 e. The molecular weight excluding hydrogens is 366 g/mol. The van der Waals surface area contributed by atoms with Crippen LogP contribution in [0.15, 0.2) is 36.4 Å². The van der Waals surface area contributed by atoms with Crippen molar-refractivity contribution in [1.29, 1.82) is 0 Å². The van der Waals surface area contributed by atoms with Crippen LogP contribution < -0.4 is 10.1 Å². The van der Waals surface area contributed by atoms with E-state index in [-0.39, 0.29) is 11.6 Å². The van der Waals surface area contributed by atoms with E-state index < -0.39 is 4.92 Å².